The van der Waals surface area contributed by atoms with E-state index in [-0.39, 0.29) is 17.6 Å². The molecule has 2 rings (SSSR count). The number of benzene rings is 1. The minimum absolute atomic E-state index is 0.139. The summed E-state index contributed by atoms with van der Waals surface area (Å²) in [4.78, 5) is 12.2. The number of H-pyrrole nitrogens is 1. The van der Waals surface area contributed by atoms with E-state index in [4.69, 9.17) is 10.9 Å². The summed E-state index contributed by atoms with van der Waals surface area (Å²) >= 11 is 3.32. The third kappa shape index (κ3) is 2.80. The largest absolute Gasteiger partial charge is 0.409 e. The molecule has 2 aromatic rings. The normalized spacial score (nSPS) is 11.4. The van der Waals surface area contributed by atoms with Gasteiger partial charge in [0.1, 0.15) is 5.82 Å². The molecule has 0 spiro atoms. The van der Waals surface area contributed by atoms with Crippen LogP contribution < -0.4 is 11.1 Å². The van der Waals surface area contributed by atoms with Crippen molar-refractivity contribution in [3.05, 3.63) is 45.6 Å². The maximum absolute atomic E-state index is 12.2. The van der Waals surface area contributed by atoms with Gasteiger partial charge in [0.15, 0.2) is 5.84 Å². The van der Waals surface area contributed by atoms with Crippen LogP contribution >= 0.6 is 15.9 Å². The average molecular weight is 338 g/mol. The third-order valence-electron chi connectivity index (χ3n) is 2.71. The highest BCUT2D eigenvalue weighted by atomic mass is 79.9. The molecule has 0 radical (unpaired) electrons. The predicted octanol–water partition coefficient (Wildman–Crippen LogP) is 1.83. The van der Waals surface area contributed by atoms with Crippen molar-refractivity contribution >= 4 is 33.5 Å². The minimum atomic E-state index is -0.319. The lowest BCUT2D eigenvalue weighted by molar-refractivity contribution is 0.102. The summed E-state index contributed by atoms with van der Waals surface area (Å²) < 4.78 is 0.800. The Bertz CT molecular complexity index is 680. The van der Waals surface area contributed by atoms with Gasteiger partial charge >= 0.3 is 0 Å². The fraction of sp³-hybridized carbons (Fsp3) is 0.0833. The number of hydrogen-bond acceptors (Lipinski definition) is 4. The molecule has 1 aromatic heterocycles. The fourth-order valence-electron chi connectivity index (χ4n) is 1.65. The molecule has 0 aliphatic carbocycles. The standard InChI is InChI=1S/C12H12BrN5O2/c1-6-2-3-7(13)4-8(6)12(19)16-11-9(5-15-17-11)10(14)18-20/h2-5,20H,1H3,(H2,14,18)(H2,15,16,17,19). The van der Waals surface area contributed by atoms with Crippen LogP contribution in [0.15, 0.2) is 34.0 Å². The Labute approximate surface area is 123 Å². The molecule has 1 amide bonds. The van der Waals surface area contributed by atoms with Crippen molar-refractivity contribution in [2.45, 2.75) is 6.92 Å². The molecule has 7 nitrogen and oxygen atoms in total. The number of rotatable bonds is 3. The number of amides is 1. The lowest BCUT2D eigenvalue weighted by Gasteiger charge is -2.08. The number of aromatic nitrogens is 2. The SMILES string of the molecule is Cc1ccc(Br)cc1C(=O)Nc1[nH]ncc1C(N)=NO. The molecule has 0 aliphatic rings. The zero-order valence-electron chi connectivity index (χ0n) is 10.5. The first-order valence-electron chi connectivity index (χ1n) is 5.61. The summed E-state index contributed by atoms with van der Waals surface area (Å²) in [6.45, 7) is 1.83. The smallest absolute Gasteiger partial charge is 0.257 e. The number of aromatic amines is 1. The van der Waals surface area contributed by atoms with Crippen molar-refractivity contribution in [3.63, 3.8) is 0 Å². The number of anilines is 1. The summed E-state index contributed by atoms with van der Waals surface area (Å²) in [5.41, 5.74) is 7.15. The average Bonchev–Trinajstić information content (AvgIpc) is 2.88. The Hall–Kier alpha value is -2.35. The van der Waals surface area contributed by atoms with Gasteiger partial charge in [0.25, 0.3) is 5.91 Å². The van der Waals surface area contributed by atoms with Crippen LogP contribution in [-0.2, 0) is 0 Å². The van der Waals surface area contributed by atoms with E-state index >= 15 is 0 Å². The molecular formula is C12H12BrN5O2. The van der Waals surface area contributed by atoms with E-state index in [1.54, 1.807) is 6.07 Å². The monoisotopic (exact) mass is 337 g/mol. The van der Waals surface area contributed by atoms with Crippen molar-refractivity contribution < 1.29 is 10.0 Å². The van der Waals surface area contributed by atoms with E-state index in [1.165, 1.54) is 6.20 Å². The van der Waals surface area contributed by atoms with Crippen LogP contribution in [0.4, 0.5) is 5.82 Å². The molecular weight excluding hydrogens is 326 g/mol. The highest BCUT2D eigenvalue weighted by molar-refractivity contribution is 9.10. The van der Waals surface area contributed by atoms with Gasteiger partial charge in [-0.15, -0.1) is 0 Å². The van der Waals surface area contributed by atoms with Crippen LogP contribution in [-0.4, -0.2) is 27.1 Å². The Morgan fingerprint density at radius 1 is 1.50 bits per heavy atom. The summed E-state index contributed by atoms with van der Waals surface area (Å²) in [6.07, 6.45) is 1.36. The van der Waals surface area contributed by atoms with Crippen LogP contribution in [0, 0.1) is 6.92 Å². The Morgan fingerprint density at radius 2 is 2.25 bits per heavy atom. The topological polar surface area (TPSA) is 116 Å². The number of amidine groups is 1. The third-order valence-corrected chi connectivity index (χ3v) is 3.20. The van der Waals surface area contributed by atoms with Gasteiger partial charge in [-0.3, -0.25) is 9.89 Å². The second-order valence-electron chi connectivity index (χ2n) is 4.06. The van der Waals surface area contributed by atoms with E-state index in [9.17, 15) is 4.79 Å². The molecule has 0 saturated carbocycles. The number of carbonyl (C=O) groups excluding carboxylic acids is 1. The number of aryl methyl sites for hydroxylation is 1. The zero-order valence-corrected chi connectivity index (χ0v) is 12.1. The summed E-state index contributed by atoms with van der Waals surface area (Å²) in [6, 6.07) is 5.39. The zero-order chi connectivity index (χ0) is 14.7. The summed E-state index contributed by atoms with van der Waals surface area (Å²) in [5, 5.41) is 20.5. The number of nitrogens with zero attached hydrogens (tertiary/aromatic N) is 2. The Balaban J connectivity index is 2.29. The number of nitrogens with one attached hydrogen (secondary N) is 2. The number of halogens is 1. The number of hydrogen-bond donors (Lipinski definition) is 4. The van der Waals surface area contributed by atoms with E-state index in [1.807, 2.05) is 19.1 Å². The highest BCUT2D eigenvalue weighted by Gasteiger charge is 2.15. The van der Waals surface area contributed by atoms with Crippen molar-refractivity contribution in [1.29, 1.82) is 0 Å². The number of oxime groups is 1. The maximum Gasteiger partial charge on any atom is 0.257 e. The van der Waals surface area contributed by atoms with Crippen molar-refractivity contribution in [2.75, 3.05) is 5.32 Å². The maximum atomic E-state index is 12.2. The first-order chi connectivity index (χ1) is 9.52. The van der Waals surface area contributed by atoms with Gasteiger partial charge in [0.05, 0.1) is 11.8 Å². The summed E-state index contributed by atoms with van der Waals surface area (Å²) in [5.74, 6) is -0.190. The lowest BCUT2D eigenvalue weighted by atomic mass is 10.1. The van der Waals surface area contributed by atoms with Crippen molar-refractivity contribution in [2.24, 2.45) is 10.9 Å². The molecule has 1 aromatic carbocycles. The Morgan fingerprint density at radius 3 is 2.95 bits per heavy atom. The predicted molar refractivity (Wildman–Crippen MR) is 77.9 cm³/mol. The molecule has 104 valence electrons. The van der Waals surface area contributed by atoms with E-state index in [0.717, 1.165) is 10.0 Å². The fourth-order valence-corrected chi connectivity index (χ4v) is 2.01. The van der Waals surface area contributed by atoms with Crippen LogP contribution in [0.5, 0.6) is 0 Å². The van der Waals surface area contributed by atoms with Crippen LogP contribution in [0.1, 0.15) is 21.5 Å². The molecule has 5 N–H and O–H groups in total. The van der Waals surface area contributed by atoms with Gasteiger partial charge in [-0.25, -0.2) is 0 Å². The van der Waals surface area contributed by atoms with Crippen molar-refractivity contribution in [3.8, 4) is 0 Å². The van der Waals surface area contributed by atoms with Gasteiger partial charge in [-0.05, 0) is 24.6 Å². The molecule has 0 bridgehead atoms. The van der Waals surface area contributed by atoms with Gasteiger partial charge < -0.3 is 16.3 Å². The molecule has 1 heterocycles. The summed E-state index contributed by atoms with van der Waals surface area (Å²) in [7, 11) is 0. The first-order valence-corrected chi connectivity index (χ1v) is 6.41. The molecule has 0 atom stereocenters. The van der Waals surface area contributed by atoms with Gasteiger partial charge in [-0.1, -0.05) is 27.2 Å². The van der Waals surface area contributed by atoms with E-state index < -0.39 is 0 Å². The van der Waals surface area contributed by atoms with E-state index in [0.29, 0.717) is 11.1 Å². The molecule has 0 unspecified atom stereocenters. The Kier molecular flexibility index (Phi) is 4.04. The first kappa shape index (κ1) is 14.1. The molecule has 20 heavy (non-hydrogen) atoms. The van der Waals surface area contributed by atoms with Crippen LogP contribution in [0.2, 0.25) is 0 Å². The van der Waals surface area contributed by atoms with Gasteiger partial charge in [-0.2, -0.15) is 5.10 Å². The van der Waals surface area contributed by atoms with E-state index in [2.05, 4.69) is 36.6 Å². The number of carbonyl (C=O) groups is 1. The molecule has 0 saturated heterocycles. The quantitative estimate of drug-likeness (QED) is 0.296. The van der Waals surface area contributed by atoms with Gasteiger partial charge in [0, 0.05) is 10.0 Å². The molecule has 0 aliphatic heterocycles. The van der Waals surface area contributed by atoms with Crippen LogP contribution in [0.25, 0.3) is 0 Å². The van der Waals surface area contributed by atoms with Crippen LogP contribution in [0.3, 0.4) is 0 Å². The molecule has 0 fully saturated rings. The molecule has 8 heteroatoms. The number of nitrogens with two attached hydrogens (primary N) is 1. The highest BCUT2D eigenvalue weighted by Crippen LogP contribution is 2.18. The van der Waals surface area contributed by atoms with Crippen molar-refractivity contribution in [1.82, 2.24) is 10.2 Å². The van der Waals surface area contributed by atoms with Gasteiger partial charge in [0.2, 0.25) is 0 Å². The lowest BCUT2D eigenvalue weighted by Crippen LogP contribution is -2.19. The minimum Gasteiger partial charge on any atom is -0.409 e. The second kappa shape index (κ2) is 5.74. The second-order valence-corrected chi connectivity index (χ2v) is 4.97.